The van der Waals surface area contributed by atoms with Crippen LogP contribution in [0, 0.1) is 11.6 Å². The van der Waals surface area contributed by atoms with E-state index >= 15 is 0 Å². The number of carbonyl (C=O) groups excluding carboxylic acids is 1. The number of hydrogen-bond acceptors (Lipinski definition) is 1. The minimum Gasteiger partial charge on any atom is -0.325 e. The Hall–Kier alpha value is -0.970. The predicted molar refractivity (Wildman–Crippen MR) is 58.0 cm³/mol. The Balaban J connectivity index is 2.86. The molecule has 1 rings (SSSR count). The van der Waals surface area contributed by atoms with Crippen molar-refractivity contribution in [3.05, 3.63) is 29.8 Å². The molecule has 1 aromatic rings. The molecule has 0 spiro atoms. The second-order valence-electron chi connectivity index (χ2n) is 3.58. The maximum absolute atomic E-state index is 12.8. The lowest BCUT2D eigenvalue weighted by molar-refractivity contribution is -0.117. The van der Waals surface area contributed by atoms with Crippen LogP contribution < -0.4 is 5.32 Å². The van der Waals surface area contributed by atoms with E-state index in [1.807, 2.05) is 0 Å². The summed E-state index contributed by atoms with van der Waals surface area (Å²) in [5.74, 6) is -1.82. The number of nitrogens with one attached hydrogen (secondary N) is 1. The van der Waals surface area contributed by atoms with Crippen LogP contribution in [0.25, 0.3) is 0 Å². The first kappa shape index (κ1) is 12.1. The number of halogens is 3. The molecule has 0 aliphatic heterocycles. The third-order valence-corrected chi connectivity index (χ3v) is 2.02. The maximum Gasteiger partial charge on any atom is 0.240 e. The van der Waals surface area contributed by atoms with E-state index < -0.39 is 16.0 Å². The Kier molecular flexibility index (Phi) is 3.44. The van der Waals surface area contributed by atoms with Crippen LogP contribution in [0.1, 0.15) is 13.8 Å². The molecule has 1 amide bonds. The number of benzene rings is 1. The first-order valence-corrected chi connectivity index (χ1v) is 5.05. The molecule has 1 aromatic carbocycles. The van der Waals surface area contributed by atoms with Crippen LogP contribution in [0.3, 0.4) is 0 Å². The van der Waals surface area contributed by atoms with Gasteiger partial charge in [0.1, 0.15) is 11.6 Å². The fourth-order valence-corrected chi connectivity index (χ4v) is 1.00. The molecular weight excluding hydrogens is 268 g/mol. The molecule has 0 radical (unpaired) electrons. The minimum absolute atomic E-state index is 0.102. The van der Waals surface area contributed by atoms with Crippen molar-refractivity contribution in [3.8, 4) is 0 Å². The van der Waals surface area contributed by atoms with Gasteiger partial charge in [0.05, 0.1) is 4.32 Å². The molecular formula is C10H10BrF2NO. The van der Waals surface area contributed by atoms with Crippen molar-refractivity contribution >= 4 is 27.5 Å². The summed E-state index contributed by atoms with van der Waals surface area (Å²) in [5.41, 5.74) is 0.102. The zero-order chi connectivity index (χ0) is 11.6. The van der Waals surface area contributed by atoms with Gasteiger partial charge in [-0.05, 0) is 26.0 Å². The second kappa shape index (κ2) is 4.26. The summed E-state index contributed by atoms with van der Waals surface area (Å²) in [4.78, 5) is 11.5. The Morgan fingerprint density at radius 1 is 1.27 bits per heavy atom. The fraction of sp³-hybridized carbons (Fsp3) is 0.300. The van der Waals surface area contributed by atoms with Crippen LogP contribution in [0.15, 0.2) is 18.2 Å². The highest BCUT2D eigenvalue weighted by Gasteiger charge is 2.23. The van der Waals surface area contributed by atoms with E-state index in [1.54, 1.807) is 13.8 Å². The van der Waals surface area contributed by atoms with E-state index in [-0.39, 0.29) is 11.6 Å². The molecule has 2 nitrogen and oxygen atoms in total. The molecule has 1 N–H and O–H groups in total. The second-order valence-corrected chi connectivity index (χ2v) is 5.57. The van der Waals surface area contributed by atoms with E-state index in [4.69, 9.17) is 0 Å². The number of anilines is 1. The van der Waals surface area contributed by atoms with Crippen molar-refractivity contribution in [2.75, 3.05) is 5.32 Å². The van der Waals surface area contributed by atoms with Gasteiger partial charge in [-0.2, -0.15) is 0 Å². The fourth-order valence-electron chi connectivity index (χ4n) is 0.906. The van der Waals surface area contributed by atoms with Crippen molar-refractivity contribution in [2.45, 2.75) is 18.2 Å². The maximum atomic E-state index is 12.8. The van der Waals surface area contributed by atoms with E-state index in [0.29, 0.717) is 0 Å². The highest BCUT2D eigenvalue weighted by molar-refractivity contribution is 9.10. The van der Waals surface area contributed by atoms with Crippen molar-refractivity contribution in [1.82, 2.24) is 0 Å². The molecule has 0 aliphatic rings. The average molecular weight is 278 g/mol. The topological polar surface area (TPSA) is 29.1 Å². The standard InChI is InChI=1S/C10H10BrF2NO/c1-10(2,11)9(15)14-8-4-6(12)3-7(13)5-8/h3-5H,1-2H3,(H,14,15). The normalized spacial score (nSPS) is 11.3. The minimum atomic E-state index is -0.782. The third kappa shape index (κ3) is 3.58. The SMILES string of the molecule is CC(C)(Br)C(=O)Nc1cc(F)cc(F)c1. The van der Waals surface area contributed by atoms with Gasteiger partial charge in [-0.15, -0.1) is 0 Å². The number of rotatable bonds is 2. The summed E-state index contributed by atoms with van der Waals surface area (Å²) in [5, 5.41) is 2.40. The zero-order valence-electron chi connectivity index (χ0n) is 8.27. The quantitative estimate of drug-likeness (QED) is 0.827. The van der Waals surface area contributed by atoms with Gasteiger partial charge in [0.15, 0.2) is 0 Å². The molecule has 0 heterocycles. The van der Waals surface area contributed by atoms with Gasteiger partial charge < -0.3 is 5.32 Å². The molecule has 82 valence electrons. The van der Waals surface area contributed by atoms with Gasteiger partial charge in [0, 0.05) is 11.8 Å². The Morgan fingerprint density at radius 2 is 1.73 bits per heavy atom. The van der Waals surface area contributed by atoms with Crippen molar-refractivity contribution in [1.29, 1.82) is 0 Å². The van der Waals surface area contributed by atoms with E-state index in [0.717, 1.165) is 18.2 Å². The summed E-state index contributed by atoms with van der Waals surface area (Å²) in [6.07, 6.45) is 0. The largest absolute Gasteiger partial charge is 0.325 e. The number of carbonyl (C=O) groups is 1. The summed E-state index contributed by atoms with van der Waals surface area (Å²) in [6, 6.07) is 2.86. The van der Waals surface area contributed by atoms with Crippen LogP contribution in [0.5, 0.6) is 0 Å². The van der Waals surface area contributed by atoms with Gasteiger partial charge in [0.2, 0.25) is 5.91 Å². The smallest absolute Gasteiger partial charge is 0.240 e. The molecule has 0 fully saturated rings. The van der Waals surface area contributed by atoms with Gasteiger partial charge in [0.25, 0.3) is 0 Å². The summed E-state index contributed by atoms with van der Waals surface area (Å²) in [7, 11) is 0. The molecule has 0 saturated heterocycles. The molecule has 0 aliphatic carbocycles. The van der Waals surface area contributed by atoms with Crippen LogP contribution in [0.4, 0.5) is 14.5 Å². The first-order chi connectivity index (χ1) is 6.79. The van der Waals surface area contributed by atoms with Crippen molar-refractivity contribution < 1.29 is 13.6 Å². The zero-order valence-corrected chi connectivity index (χ0v) is 9.86. The predicted octanol–water partition coefficient (Wildman–Crippen LogP) is 3.08. The third-order valence-electron chi connectivity index (χ3n) is 1.66. The van der Waals surface area contributed by atoms with Crippen LogP contribution >= 0.6 is 15.9 Å². The lowest BCUT2D eigenvalue weighted by Gasteiger charge is -2.15. The van der Waals surface area contributed by atoms with Gasteiger partial charge in [-0.25, -0.2) is 8.78 Å². The molecule has 15 heavy (non-hydrogen) atoms. The van der Waals surface area contributed by atoms with Gasteiger partial charge in [-0.3, -0.25) is 4.79 Å². The molecule has 5 heteroatoms. The van der Waals surface area contributed by atoms with E-state index in [1.165, 1.54) is 0 Å². The monoisotopic (exact) mass is 277 g/mol. The Labute approximate surface area is 94.8 Å². The lowest BCUT2D eigenvalue weighted by Crippen LogP contribution is -2.31. The summed E-state index contributed by atoms with van der Waals surface area (Å²) in [6.45, 7) is 3.27. The first-order valence-electron chi connectivity index (χ1n) is 4.25. The molecule has 0 aromatic heterocycles. The van der Waals surface area contributed by atoms with Gasteiger partial charge >= 0.3 is 0 Å². The number of hydrogen-bond donors (Lipinski definition) is 1. The van der Waals surface area contributed by atoms with Crippen LogP contribution in [-0.2, 0) is 4.79 Å². The van der Waals surface area contributed by atoms with Crippen LogP contribution in [0.2, 0.25) is 0 Å². The molecule has 0 atom stereocenters. The summed E-state index contributed by atoms with van der Waals surface area (Å²) < 4.78 is 24.8. The molecule has 0 bridgehead atoms. The molecule has 0 unspecified atom stereocenters. The number of alkyl halides is 1. The Bertz CT molecular complexity index is 367. The highest BCUT2D eigenvalue weighted by atomic mass is 79.9. The van der Waals surface area contributed by atoms with E-state index in [2.05, 4.69) is 21.2 Å². The summed E-state index contributed by atoms with van der Waals surface area (Å²) >= 11 is 3.14. The lowest BCUT2D eigenvalue weighted by atomic mass is 10.2. The van der Waals surface area contributed by atoms with Crippen molar-refractivity contribution in [2.24, 2.45) is 0 Å². The number of amides is 1. The Morgan fingerprint density at radius 3 is 2.13 bits per heavy atom. The van der Waals surface area contributed by atoms with Crippen LogP contribution in [-0.4, -0.2) is 10.2 Å². The highest BCUT2D eigenvalue weighted by Crippen LogP contribution is 2.20. The average Bonchev–Trinajstić information content (AvgIpc) is 1.99. The van der Waals surface area contributed by atoms with E-state index in [9.17, 15) is 13.6 Å². The van der Waals surface area contributed by atoms with Crippen molar-refractivity contribution in [3.63, 3.8) is 0 Å². The van der Waals surface area contributed by atoms with Gasteiger partial charge in [-0.1, -0.05) is 15.9 Å². The molecule has 0 saturated carbocycles.